The zero-order valence-electron chi connectivity index (χ0n) is 9.02. The van der Waals surface area contributed by atoms with E-state index in [0.717, 1.165) is 7.11 Å². The lowest BCUT2D eigenvalue weighted by Crippen LogP contribution is -2.20. The highest BCUT2D eigenvalue weighted by Gasteiger charge is 2.35. The van der Waals surface area contributed by atoms with Gasteiger partial charge in [-0.15, -0.1) is 13.2 Å². The van der Waals surface area contributed by atoms with Crippen molar-refractivity contribution in [2.24, 2.45) is 0 Å². The van der Waals surface area contributed by atoms with Crippen LogP contribution in [0.25, 0.3) is 0 Å². The zero-order chi connectivity index (χ0) is 14.8. The summed E-state index contributed by atoms with van der Waals surface area (Å²) in [5, 5.41) is 10.6. The standard InChI is InChI=1S/C8H4F3IN2O5/c1-18-7(15)5-4(19-8(9,10)11)2-3(14(16)17)6(12)13-5/h2H,1H3. The van der Waals surface area contributed by atoms with Crippen LogP contribution in [-0.2, 0) is 4.74 Å². The third-order valence-electron chi connectivity index (χ3n) is 1.72. The second-order valence-electron chi connectivity index (χ2n) is 2.94. The summed E-state index contributed by atoms with van der Waals surface area (Å²) in [5.74, 6) is -2.29. The molecule has 104 valence electrons. The van der Waals surface area contributed by atoms with Gasteiger partial charge in [0, 0.05) is 0 Å². The number of hydrogen-bond acceptors (Lipinski definition) is 6. The normalized spacial score (nSPS) is 11.0. The maximum Gasteiger partial charge on any atom is 0.573 e. The van der Waals surface area contributed by atoms with Gasteiger partial charge in [0.2, 0.25) is 0 Å². The first-order valence-corrected chi connectivity index (χ1v) is 5.42. The summed E-state index contributed by atoms with van der Waals surface area (Å²) in [6, 6.07) is 0.467. The summed E-state index contributed by atoms with van der Waals surface area (Å²) in [5.41, 5.74) is -1.51. The van der Waals surface area contributed by atoms with Gasteiger partial charge in [-0.3, -0.25) is 10.1 Å². The quantitative estimate of drug-likeness (QED) is 0.258. The monoisotopic (exact) mass is 392 g/mol. The van der Waals surface area contributed by atoms with E-state index in [1.165, 1.54) is 22.6 Å². The highest BCUT2D eigenvalue weighted by molar-refractivity contribution is 14.1. The lowest BCUT2D eigenvalue weighted by molar-refractivity contribution is -0.386. The third kappa shape index (κ3) is 3.90. The second-order valence-corrected chi connectivity index (χ2v) is 3.96. The zero-order valence-corrected chi connectivity index (χ0v) is 11.2. The van der Waals surface area contributed by atoms with Crippen molar-refractivity contribution in [2.75, 3.05) is 7.11 Å². The van der Waals surface area contributed by atoms with Gasteiger partial charge in [-0.2, -0.15) is 0 Å². The van der Waals surface area contributed by atoms with E-state index in [-0.39, 0.29) is 3.70 Å². The number of ether oxygens (including phenoxy) is 2. The van der Waals surface area contributed by atoms with Crippen LogP contribution < -0.4 is 4.74 Å². The largest absolute Gasteiger partial charge is 0.573 e. The first-order valence-electron chi connectivity index (χ1n) is 4.34. The number of pyridine rings is 1. The van der Waals surface area contributed by atoms with Gasteiger partial charge in [-0.25, -0.2) is 9.78 Å². The Bertz CT molecular complexity index is 534. The fraction of sp³-hybridized carbons (Fsp3) is 0.250. The Morgan fingerprint density at radius 1 is 1.53 bits per heavy atom. The molecule has 0 radical (unpaired) electrons. The number of esters is 1. The fourth-order valence-corrected chi connectivity index (χ4v) is 1.63. The van der Waals surface area contributed by atoms with Crippen LogP contribution in [0.2, 0.25) is 0 Å². The van der Waals surface area contributed by atoms with Crippen molar-refractivity contribution >= 4 is 34.2 Å². The van der Waals surface area contributed by atoms with Crippen LogP contribution in [0, 0.1) is 13.8 Å². The van der Waals surface area contributed by atoms with E-state index in [0.29, 0.717) is 6.07 Å². The first-order chi connectivity index (χ1) is 8.65. The average Bonchev–Trinajstić information content (AvgIpc) is 2.27. The van der Waals surface area contributed by atoms with Gasteiger partial charge in [-0.05, 0) is 22.6 Å². The van der Waals surface area contributed by atoms with E-state index in [1.807, 2.05) is 0 Å². The number of methoxy groups -OCH3 is 1. The number of nitrogens with zero attached hydrogens (tertiary/aromatic N) is 2. The van der Waals surface area contributed by atoms with Crippen molar-refractivity contribution in [3.05, 3.63) is 25.6 Å². The molecule has 0 saturated carbocycles. The maximum absolute atomic E-state index is 12.1. The van der Waals surface area contributed by atoms with Crippen LogP contribution in [0.5, 0.6) is 5.75 Å². The van der Waals surface area contributed by atoms with Gasteiger partial charge in [0.25, 0.3) is 0 Å². The molecule has 0 aliphatic heterocycles. The van der Waals surface area contributed by atoms with Crippen molar-refractivity contribution in [2.45, 2.75) is 6.36 Å². The van der Waals surface area contributed by atoms with Gasteiger partial charge >= 0.3 is 18.0 Å². The lowest BCUT2D eigenvalue weighted by Gasteiger charge is -2.11. The highest BCUT2D eigenvalue weighted by atomic mass is 127. The molecule has 7 nitrogen and oxygen atoms in total. The molecule has 0 saturated heterocycles. The molecule has 0 aliphatic carbocycles. The Balaban J connectivity index is 3.41. The van der Waals surface area contributed by atoms with Crippen molar-refractivity contribution in [3.8, 4) is 5.75 Å². The molecule has 0 unspecified atom stereocenters. The topological polar surface area (TPSA) is 91.6 Å². The minimum absolute atomic E-state index is 0.266. The van der Waals surface area contributed by atoms with Gasteiger partial charge in [-0.1, -0.05) is 0 Å². The van der Waals surface area contributed by atoms with E-state index < -0.39 is 34.4 Å². The summed E-state index contributed by atoms with van der Waals surface area (Å²) in [6.45, 7) is 0. The van der Waals surface area contributed by atoms with E-state index in [2.05, 4.69) is 14.5 Å². The first kappa shape index (κ1) is 15.4. The van der Waals surface area contributed by atoms with E-state index >= 15 is 0 Å². The molecule has 1 rings (SSSR count). The van der Waals surface area contributed by atoms with Crippen LogP contribution in [0.3, 0.4) is 0 Å². The molecule has 0 N–H and O–H groups in total. The van der Waals surface area contributed by atoms with Crippen LogP contribution in [0.15, 0.2) is 6.07 Å². The molecule has 1 aromatic heterocycles. The van der Waals surface area contributed by atoms with Gasteiger partial charge in [0.05, 0.1) is 18.1 Å². The van der Waals surface area contributed by atoms with Crippen molar-refractivity contribution < 1.29 is 32.4 Å². The number of alkyl halides is 3. The van der Waals surface area contributed by atoms with Gasteiger partial charge < -0.3 is 9.47 Å². The minimum Gasteiger partial charge on any atom is -0.464 e. The Morgan fingerprint density at radius 2 is 2.11 bits per heavy atom. The highest BCUT2D eigenvalue weighted by Crippen LogP contribution is 2.31. The van der Waals surface area contributed by atoms with Gasteiger partial charge in [0.1, 0.15) is 0 Å². The Labute approximate surface area is 117 Å². The smallest absolute Gasteiger partial charge is 0.464 e. The number of hydrogen-bond donors (Lipinski definition) is 0. The molecular weight excluding hydrogens is 388 g/mol. The molecule has 0 fully saturated rings. The minimum atomic E-state index is -5.12. The van der Waals surface area contributed by atoms with Crippen molar-refractivity contribution in [3.63, 3.8) is 0 Å². The molecule has 0 bridgehead atoms. The fourth-order valence-electron chi connectivity index (χ4n) is 1.04. The van der Waals surface area contributed by atoms with Gasteiger partial charge in [0.15, 0.2) is 15.1 Å². The molecular formula is C8H4F3IN2O5. The molecule has 0 aromatic carbocycles. The molecule has 1 heterocycles. The Kier molecular flexibility index (Phi) is 4.49. The van der Waals surface area contributed by atoms with E-state index in [9.17, 15) is 28.1 Å². The Hall–Kier alpha value is -1.66. The number of carbonyl (C=O) groups is 1. The molecule has 0 atom stereocenters. The number of rotatable bonds is 3. The molecule has 19 heavy (non-hydrogen) atoms. The van der Waals surface area contributed by atoms with E-state index in [4.69, 9.17) is 0 Å². The summed E-state index contributed by atoms with van der Waals surface area (Å²) < 4.78 is 43.9. The molecule has 1 aromatic rings. The lowest BCUT2D eigenvalue weighted by atomic mass is 10.3. The van der Waals surface area contributed by atoms with Crippen LogP contribution in [0.4, 0.5) is 18.9 Å². The maximum atomic E-state index is 12.1. The predicted molar refractivity (Wildman–Crippen MR) is 61.6 cm³/mol. The predicted octanol–water partition coefficient (Wildman–Crippen LogP) is 2.28. The second kappa shape index (κ2) is 5.54. The Morgan fingerprint density at radius 3 is 2.53 bits per heavy atom. The summed E-state index contributed by atoms with van der Waals surface area (Å²) in [4.78, 5) is 24.3. The van der Waals surface area contributed by atoms with Crippen molar-refractivity contribution in [1.29, 1.82) is 0 Å². The molecule has 0 amide bonds. The SMILES string of the molecule is COC(=O)c1nc(I)c([N+](=O)[O-])cc1OC(F)(F)F. The van der Waals surface area contributed by atoms with Crippen LogP contribution in [0.1, 0.15) is 10.5 Å². The van der Waals surface area contributed by atoms with Crippen LogP contribution in [-0.4, -0.2) is 29.3 Å². The van der Waals surface area contributed by atoms with Crippen molar-refractivity contribution in [1.82, 2.24) is 4.98 Å². The third-order valence-corrected chi connectivity index (χ3v) is 2.52. The summed E-state index contributed by atoms with van der Waals surface area (Å²) in [6.07, 6.45) is -5.12. The number of aromatic nitrogens is 1. The summed E-state index contributed by atoms with van der Waals surface area (Å²) in [7, 11) is 0.926. The average molecular weight is 392 g/mol. The number of nitro groups is 1. The van der Waals surface area contributed by atoms with E-state index in [1.54, 1.807) is 0 Å². The number of halogens is 4. The number of carbonyl (C=O) groups excluding carboxylic acids is 1. The summed E-state index contributed by atoms with van der Waals surface area (Å²) >= 11 is 1.41. The molecule has 0 spiro atoms. The molecule has 11 heteroatoms. The molecule has 0 aliphatic rings. The van der Waals surface area contributed by atoms with Crippen LogP contribution >= 0.6 is 22.6 Å².